The molecule has 0 bridgehead atoms. The molecule has 0 aromatic heterocycles. The summed E-state index contributed by atoms with van der Waals surface area (Å²) >= 11 is 0. The summed E-state index contributed by atoms with van der Waals surface area (Å²) in [4.78, 5) is 70.5. The molecule has 0 aliphatic rings. The molecule has 0 amide bonds. The number of carbonyl (C=O) groups is 6. The number of Topliss-reactive ketones (excluding diaryl/α,β-unsaturated/α-hetero) is 6. The van der Waals surface area contributed by atoms with Crippen molar-refractivity contribution in [2.75, 3.05) is 0 Å². The van der Waals surface area contributed by atoms with E-state index in [9.17, 15) is 28.8 Å². The second kappa shape index (κ2) is 23.6. The number of ketones is 6. The summed E-state index contributed by atoms with van der Waals surface area (Å²) in [7, 11) is 0. The predicted octanol–water partition coefficient (Wildman–Crippen LogP) is 5.87. The largest absolute Gasteiger partial charge is 4.00 e. The van der Waals surface area contributed by atoms with Crippen LogP contribution in [0.1, 0.15) is 62.1 Å². The molecule has 0 radical (unpaired) electrons. The molecule has 0 aliphatic carbocycles. The van der Waals surface area contributed by atoms with E-state index in [1.807, 2.05) is 36.4 Å². The molecule has 0 spiro atoms. The van der Waals surface area contributed by atoms with Crippen molar-refractivity contribution in [3.05, 3.63) is 235 Å². The molecule has 260 valence electrons. The Morgan fingerprint density at radius 2 is 0.358 bits per heavy atom. The van der Waals surface area contributed by atoms with Crippen molar-refractivity contribution in [3.8, 4) is 0 Å². The van der Waals surface area contributed by atoms with E-state index in [0.717, 1.165) is 19.3 Å². The SMILES string of the molecule is O=C([CH-]C(=O)c1ccccc1)c1ccccc1.O=C([CH-]C(=O)c1ccccc1)c1ccccc1.O=C([CH-]C(=O)c1ccccc1)c1ccccc1.[Cl-].[Zr+4]. The molecule has 6 aromatic rings. The van der Waals surface area contributed by atoms with Gasteiger partial charge in [0.2, 0.25) is 0 Å². The van der Waals surface area contributed by atoms with Crippen molar-refractivity contribution < 1.29 is 67.4 Å². The van der Waals surface area contributed by atoms with Crippen molar-refractivity contribution >= 4 is 34.7 Å². The second-order valence-electron chi connectivity index (χ2n) is 10.8. The van der Waals surface area contributed by atoms with Gasteiger partial charge in [0.25, 0.3) is 0 Å². The van der Waals surface area contributed by atoms with E-state index >= 15 is 0 Å². The van der Waals surface area contributed by atoms with Crippen LogP contribution in [0.5, 0.6) is 0 Å². The topological polar surface area (TPSA) is 102 Å². The van der Waals surface area contributed by atoms with E-state index < -0.39 is 0 Å². The normalized spacial score (nSPS) is 9.28. The van der Waals surface area contributed by atoms with Crippen LogP contribution in [0.4, 0.5) is 0 Å². The molecule has 6 aromatic carbocycles. The number of hydrogen-bond donors (Lipinski definition) is 0. The monoisotopic (exact) mass is 794 g/mol. The molecule has 0 aliphatic heterocycles. The summed E-state index contributed by atoms with van der Waals surface area (Å²) in [5.41, 5.74) is 3.15. The van der Waals surface area contributed by atoms with Gasteiger partial charge < -0.3 is 41.2 Å². The van der Waals surface area contributed by atoms with Gasteiger partial charge >= 0.3 is 26.2 Å². The third kappa shape index (κ3) is 14.7. The fourth-order valence-electron chi connectivity index (χ4n) is 4.47. The van der Waals surface area contributed by atoms with Crippen molar-refractivity contribution in [1.82, 2.24) is 0 Å². The van der Waals surface area contributed by atoms with E-state index in [1.165, 1.54) is 0 Å². The smallest absolute Gasteiger partial charge is 1.00 e. The number of hydrogen-bond acceptors (Lipinski definition) is 6. The molecular formula is C45H33ClO6Zr. The minimum atomic E-state index is -0.264. The molecule has 0 saturated heterocycles. The first kappa shape index (κ1) is 43.3. The van der Waals surface area contributed by atoms with Crippen LogP contribution in [-0.4, -0.2) is 34.7 Å². The summed E-state index contributed by atoms with van der Waals surface area (Å²) < 4.78 is 0. The van der Waals surface area contributed by atoms with E-state index in [1.54, 1.807) is 146 Å². The van der Waals surface area contributed by atoms with E-state index in [2.05, 4.69) is 0 Å². The molecule has 6 nitrogen and oxygen atoms in total. The van der Waals surface area contributed by atoms with Crippen LogP contribution in [0.3, 0.4) is 0 Å². The third-order valence-electron chi connectivity index (χ3n) is 7.14. The molecule has 0 saturated carbocycles. The Labute approximate surface area is 334 Å². The van der Waals surface area contributed by atoms with E-state index in [-0.39, 0.29) is 73.3 Å². The van der Waals surface area contributed by atoms with Gasteiger partial charge in [-0.3, -0.25) is 0 Å². The van der Waals surface area contributed by atoms with Gasteiger partial charge in [-0.25, -0.2) is 0 Å². The molecule has 8 heteroatoms. The first-order valence-electron chi connectivity index (χ1n) is 15.9. The zero-order valence-electron chi connectivity index (χ0n) is 28.4. The molecular weight excluding hydrogens is 763 g/mol. The first-order valence-corrected chi connectivity index (χ1v) is 15.9. The van der Waals surface area contributed by atoms with Gasteiger partial charge in [-0.2, -0.15) is 0 Å². The molecule has 0 heterocycles. The van der Waals surface area contributed by atoms with Gasteiger partial charge in [0, 0.05) is 0 Å². The summed E-state index contributed by atoms with van der Waals surface area (Å²) in [5, 5.41) is 0. The summed E-state index contributed by atoms with van der Waals surface area (Å²) in [6.45, 7) is 0. The van der Waals surface area contributed by atoms with Gasteiger partial charge in [0.05, 0.1) is 34.7 Å². The maximum absolute atomic E-state index is 11.8. The van der Waals surface area contributed by atoms with Crippen LogP contribution in [0.15, 0.2) is 182 Å². The zero-order valence-corrected chi connectivity index (χ0v) is 31.6. The molecule has 6 rings (SSSR count). The second-order valence-corrected chi connectivity index (χ2v) is 10.8. The van der Waals surface area contributed by atoms with Gasteiger partial charge in [0.1, 0.15) is 0 Å². The Balaban J connectivity index is 0.000000270. The van der Waals surface area contributed by atoms with Crippen LogP contribution in [0.25, 0.3) is 0 Å². The molecule has 0 unspecified atom stereocenters. The predicted molar refractivity (Wildman–Crippen MR) is 198 cm³/mol. The fourth-order valence-corrected chi connectivity index (χ4v) is 4.47. The van der Waals surface area contributed by atoms with Gasteiger partial charge in [-0.15, -0.1) is 72.8 Å². The maximum atomic E-state index is 11.8. The zero-order chi connectivity index (χ0) is 36.3. The minimum Gasteiger partial charge on any atom is -1.00 e. The minimum absolute atomic E-state index is 0. The van der Waals surface area contributed by atoms with Crippen LogP contribution in [-0.2, 0) is 26.2 Å². The van der Waals surface area contributed by atoms with Crippen molar-refractivity contribution in [2.45, 2.75) is 0 Å². The van der Waals surface area contributed by atoms with Crippen LogP contribution in [0, 0.1) is 19.3 Å². The molecule has 53 heavy (non-hydrogen) atoms. The van der Waals surface area contributed by atoms with Crippen molar-refractivity contribution in [3.63, 3.8) is 0 Å². The van der Waals surface area contributed by atoms with E-state index in [0.29, 0.717) is 33.4 Å². The number of halogens is 1. The summed E-state index contributed by atoms with van der Waals surface area (Å²) in [6, 6.07) is 52.5. The van der Waals surface area contributed by atoms with Gasteiger partial charge in [0.15, 0.2) is 0 Å². The van der Waals surface area contributed by atoms with Crippen LogP contribution < -0.4 is 12.4 Å². The van der Waals surface area contributed by atoms with Crippen LogP contribution >= 0.6 is 0 Å². The van der Waals surface area contributed by atoms with Crippen molar-refractivity contribution in [1.29, 1.82) is 0 Å². The Bertz CT molecular complexity index is 1650. The van der Waals surface area contributed by atoms with Gasteiger partial charge in [-0.1, -0.05) is 162 Å². The molecule has 0 fully saturated rings. The standard InChI is InChI=1S/3C15H11O2.ClH.Zr/c3*16-14(12-7-3-1-4-8-12)11-15(17)13-9-5-2-6-10-13;;/h3*1-11H;1H;/q3*-1;;+4/p-1. The van der Waals surface area contributed by atoms with Gasteiger partial charge in [-0.05, 0) is 0 Å². The summed E-state index contributed by atoms with van der Waals surface area (Å²) in [5.74, 6) is -1.59. The number of rotatable bonds is 12. The average molecular weight is 796 g/mol. The first-order chi connectivity index (χ1) is 24.8. The Morgan fingerprint density at radius 3 is 0.472 bits per heavy atom. The fraction of sp³-hybridized carbons (Fsp3) is 0. The number of carbonyl (C=O) groups excluding carboxylic acids is 6. The van der Waals surface area contributed by atoms with Crippen LogP contribution in [0.2, 0.25) is 0 Å². The molecule has 0 atom stereocenters. The van der Waals surface area contributed by atoms with E-state index in [4.69, 9.17) is 0 Å². The Kier molecular flexibility index (Phi) is 19.2. The Morgan fingerprint density at radius 1 is 0.245 bits per heavy atom. The quantitative estimate of drug-likeness (QED) is 0.0873. The average Bonchev–Trinajstić information content (AvgIpc) is 3.20. The Hall–Kier alpha value is -5.88. The maximum Gasteiger partial charge on any atom is 4.00 e. The summed E-state index contributed by atoms with van der Waals surface area (Å²) in [6.07, 6.45) is 3.39. The number of benzene rings is 6. The third-order valence-corrected chi connectivity index (χ3v) is 7.14. The molecule has 0 N–H and O–H groups in total. The van der Waals surface area contributed by atoms with Crippen molar-refractivity contribution in [2.24, 2.45) is 0 Å².